The van der Waals surface area contributed by atoms with E-state index in [2.05, 4.69) is 35.4 Å². The summed E-state index contributed by atoms with van der Waals surface area (Å²) in [6.07, 6.45) is 16.4. The van der Waals surface area contributed by atoms with Gasteiger partial charge in [0.2, 0.25) is 0 Å². The van der Waals surface area contributed by atoms with Gasteiger partial charge in [-0.05, 0) is 18.6 Å². The van der Waals surface area contributed by atoms with Gasteiger partial charge in [0, 0.05) is 18.1 Å². The van der Waals surface area contributed by atoms with E-state index in [0.29, 0.717) is 0 Å². The largest absolute Gasteiger partial charge is 0.324 e. The van der Waals surface area contributed by atoms with Crippen LogP contribution in [0.4, 0.5) is 0 Å². The van der Waals surface area contributed by atoms with Crippen LogP contribution in [-0.2, 0) is 0 Å². The monoisotopic (exact) mass is 130 g/mol. The minimum absolute atomic E-state index is 1.05. The molecule has 2 aliphatic heterocycles. The Balaban J connectivity index is 2.33. The molecule has 0 saturated heterocycles. The fraction of sp³-hybridized carbons (Fsp3) is 0.111. The lowest BCUT2D eigenvalue weighted by atomic mass is 10.2. The summed E-state index contributed by atoms with van der Waals surface area (Å²) in [5, 5.41) is 0. The molecule has 0 aromatic carbocycles. The van der Waals surface area contributed by atoms with Gasteiger partial charge < -0.3 is 4.90 Å². The normalized spacial score (nSPS) is 20.8. The molecule has 0 N–H and O–H groups in total. The highest BCUT2D eigenvalue weighted by Gasteiger charge is 2.04. The molecule has 0 unspecified atom stereocenters. The Morgan fingerprint density at radius 2 is 2.50 bits per heavy atom. The highest BCUT2D eigenvalue weighted by molar-refractivity contribution is 5.30. The molecular formula is C9H8N. The summed E-state index contributed by atoms with van der Waals surface area (Å²) >= 11 is 0. The van der Waals surface area contributed by atoms with E-state index in [4.69, 9.17) is 0 Å². The molecule has 0 aromatic heterocycles. The first-order valence-corrected chi connectivity index (χ1v) is 3.38. The summed E-state index contributed by atoms with van der Waals surface area (Å²) in [5.74, 6) is 0. The van der Waals surface area contributed by atoms with Crippen molar-refractivity contribution in [3.63, 3.8) is 0 Å². The molecule has 0 atom stereocenters. The van der Waals surface area contributed by atoms with Crippen LogP contribution in [0.3, 0.4) is 0 Å². The zero-order valence-electron chi connectivity index (χ0n) is 5.62. The Labute approximate surface area is 60.6 Å². The Bertz CT molecular complexity index is 243. The van der Waals surface area contributed by atoms with Crippen LogP contribution < -0.4 is 0 Å². The topological polar surface area (TPSA) is 3.24 Å². The molecule has 0 amide bonds. The second-order valence-corrected chi connectivity index (χ2v) is 2.29. The second kappa shape index (κ2) is 2.18. The summed E-state index contributed by atoms with van der Waals surface area (Å²) in [5.41, 5.74) is 1.25. The van der Waals surface area contributed by atoms with Gasteiger partial charge in [0.05, 0.1) is 0 Å². The van der Waals surface area contributed by atoms with Crippen molar-refractivity contribution < 1.29 is 0 Å². The van der Waals surface area contributed by atoms with Crippen LogP contribution in [0.15, 0.2) is 42.4 Å². The average molecular weight is 130 g/mol. The summed E-state index contributed by atoms with van der Waals surface area (Å²) < 4.78 is 0. The van der Waals surface area contributed by atoms with Crippen molar-refractivity contribution in [2.75, 3.05) is 0 Å². The van der Waals surface area contributed by atoms with E-state index < -0.39 is 0 Å². The molecule has 1 nitrogen and oxygen atoms in total. The van der Waals surface area contributed by atoms with E-state index in [-0.39, 0.29) is 0 Å². The SMILES string of the molecule is [C]1=CN2C=CCC=C2C=C1. The Morgan fingerprint density at radius 1 is 1.50 bits per heavy atom. The molecule has 0 fully saturated rings. The van der Waals surface area contributed by atoms with Gasteiger partial charge in [-0.3, -0.25) is 0 Å². The number of allylic oxidation sites excluding steroid dienone is 5. The van der Waals surface area contributed by atoms with E-state index in [1.807, 2.05) is 12.3 Å². The maximum absolute atomic E-state index is 3.01. The summed E-state index contributed by atoms with van der Waals surface area (Å²) in [4.78, 5) is 2.06. The van der Waals surface area contributed by atoms with Crippen molar-refractivity contribution in [1.82, 2.24) is 4.90 Å². The Hall–Kier alpha value is -1.24. The smallest absolute Gasteiger partial charge is 0.0412 e. The Kier molecular flexibility index (Phi) is 1.21. The van der Waals surface area contributed by atoms with Crippen LogP contribution in [0.1, 0.15) is 6.42 Å². The van der Waals surface area contributed by atoms with Gasteiger partial charge in [-0.15, -0.1) is 0 Å². The summed E-state index contributed by atoms with van der Waals surface area (Å²) in [6, 6.07) is 0. The molecule has 2 heterocycles. The first-order valence-electron chi connectivity index (χ1n) is 3.38. The molecular weight excluding hydrogens is 122 g/mol. The van der Waals surface area contributed by atoms with E-state index in [0.717, 1.165) is 6.42 Å². The quantitative estimate of drug-likeness (QED) is 0.484. The fourth-order valence-electron chi connectivity index (χ4n) is 1.08. The molecule has 0 aliphatic carbocycles. The maximum Gasteiger partial charge on any atom is 0.0412 e. The van der Waals surface area contributed by atoms with Crippen LogP contribution in [-0.4, -0.2) is 4.90 Å². The minimum Gasteiger partial charge on any atom is -0.324 e. The van der Waals surface area contributed by atoms with E-state index in [9.17, 15) is 0 Å². The van der Waals surface area contributed by atoms with Crippen molar-refractivity contribution in [1.29, 1.82) is 0 Å². The molecule has 49 valence electrons. The van der Waals surface area contributed by atoms with Crippen LogP contribution in [0.5, 0.6) is 0 Å². The lowest BCUT2D eigenvalue weighted by molar-refractivity contribution is 0.626. The number of rotatable bonds is 0. The number of hydrogen-bond donors (Lipinski definition) is 0. The van der Waals surface area contributed by atoms with Crippen LogP contribution in [0.25, 0.3) is 0 Å². The Morgan fingerprint density at radius 3 is 3.40 bits per heavy atom. The minimum atomic E-state index is 1.05. The van der Waals surface area contributed by atoms with Crippen LogP contribution in [0.2, 0.25) is 0 Å². The lowest BCUT2D eigenvalue weighted by Crippen LogP contribution is -2.11. The summed E-state index contributed by atoms with van der Waals surface area (Å²) in [7, 11) is 0. The average Bonchev–Trinajstić information content (AvgIpc) is 2.05. The summed E-state index contributed by atoms with van der Waals surface area (Å²) in [6.45, 7) is 0. The zero-order valence-corrected chi connectivity index (χ0v) is 5.62. The van der Waals surface area contributed by atoms with Gasteiger partial charge >= 0.3 is 0 Å². The van der Waals surface area contributed by atoms with Crippen molar-refractivity contribution >= 4 is 0 Å². The molecule has 1 heteroatoms. The number of nitrogens with zero attached hydrogens (tertiary/aromatic N) is 1. The molecule has 10 heavy (non-hydrogen) atoms. The van der Waals surface area contributed by atoms with Crippen molar-refractivity contribution in [3.05, 3.63) is 48.5 Å². The fourth-order valence-corrected chi connectivity index (χ4v) is 1.08. The van der Waals surface area contributed by atoms with Gasteiger partial charge in [0.1, 0.15) is 0 Å². The highest BCUT2D eigenvalue weighted by Crippen LogP contribution is 2.16. The molecule has 1 radical (unpaired) electrons. The number of hydrogen-bond acceptors (Lipinski definition) is 1. The first kappa shape index (κ1) is 5.54. The third-order valence-corrected chi connectivity index (χ3v) is 1.59. The highest BCUT2D eigenvalue weighted by atomic mass is 15.1. The molecule has 2 aliphatic rings. The van der Waals surface area contributed by atoms with Crippen molar-refractivity contribution in [2.24, 2.45) is 0 Å². The predicted octanol–water partition coefficient (Wildman–Crippen LogP) is 1.98. The van der Waals surface area contributed by atoms with E-state index >= 15 is 0 Å². The molecule has 2 rings (SSSR count). The van der Waals surface area contributed by atoms with Crippen LogP contribution >= 0.6 is 0 Å². The lowest BCUT2D eigenvalue weighted by Gasteiger charge is -2.21. The van der Waals surface area contributed by atoms with Gasteiger partial charge in [-0.25, -0.2) is 0 Å². The molecule has 0 saturated carbocycles. The standard InChI is InChI=1S/C9H8N/c1-3-7-10-8-4-2-6-9(10)5-1/h1,4-8H,2H2. The predicted molar refractivity (Wildman–Crippen MR) is 40.6 cm³/mol. The van der Waals surface area contributed by atoms with Gasteiger partial charge in [0.15, 0.2) is 0 Å². The van der Waals surface area contributed by atoms with E-state index in [1.54, 1.807) is 0 Å². The molecule has 0 aromatic rings. The van der Waals surface area contributed by atoms with Crippen molar-refractivity contribution in [3.8, 4) is 0 Å². The van der Waals surface area contributed by atoms with E-state index in [1.165, 1.54) is 5.70 Å². The maximum atomic E-state index is 3.01. The second-order valence-electron chi connectivity index (χ2n) is 2.29. The van der Waals surface area contributed by atoms with Crippen molar-refractivity contribution in [2.45, 2.75) is 6.42 Å². The van der Waals surface area contributed by atoms with Gasteiger partial charge in [-0.2, -0.15) is 0 Å². The van der Waals surface area contributed by atoms with Gasteiger partial charge in [-0.1, -0.05) is 18.2 Å². The van der Waals surface area contributed by atoms with Crippen LogP contribution in [0, 0.1) is 6.08 Å². The number of fused-ring (bicyclic) bond motifs is 1. The molecule has 0 spiro atoms. The first-order chi connectivity index (χ1) is 4.97. The molecule has 0 bridgehead atoms. The van der Waals surface area contributed by atoms with Gasteiger partial charge in [0.25, 0.3) is 0 Å². The third-order valence-electron chi connectivity index (χ3n) is 1.59. The third kappa shape index (κ3) is 0.798. The zero-order chi connectivity index (χ0) is 6.81.